The Bertz CT molecular complexity index is 504. The van der Waals surface area contributed by atoms with Crippen molar-refractivity contribution in [3.8, 4) is 0 Å². The van der Waals surface area contributed by atoms with Gasteiger partial charge in [-0.3, -0.25) is 4.98 Å². The van der Waals surface area contributed by atoms with Crippen LogP contribution in [0.4, 0.5) is 0 Å². The number of hydroxylamine groups is 1. The molecule has 0 aliphatic carbocycles. The highest BCUT2D eigenvalue weighted by molar-refractivity contribution is 5.89. The molecule has 17 heavy (non-hydrogen) atoms. The maximum Gasteiger partial charge on any atom is 0.506 e. The van der Waals surface area contributed by atoms with Crippen LogP contribution in [-0.4, -0.2) is 31.4 Å². The molecule has 1 aliphatic rings. The van der Waals surface area contributed by atoms with Crippen molar-refractivity contribution in [2.75, 3.05) is 0 Å². The first kappa shape index (κ1) is 11.7. The molecule has 0 atom stereocenters. The first-order chi connectivity index (χ1) is 7.80. The molecule has 0 N–H and O–H groups in total. The number of rotatable bonds is 1. The predicted octanol–water partition coefficient (Wildman–Crippen LogP) is 1.69. The van der Waals surface area contributed by atoms with E-state index in [4.69, 9.17) is 0 Å². The smallest absolute Gasteiger partial charge is 0.506 e. The van der Waals surface area contributed by atoms with Gasteiger partial charge in [-0.25, -0.2) is 0 Å². The monoisotopic (exact) mass is 234 g/mol. The Morgan fingerprint density at radius 3 is 2.29 bits per heavy atom. The third-order valence-electron chi connectivity index (χ3n) is 3.82. The van der Waals surface area contributed by atoms with E-state index in [0.29, 0.717) is 5.56 Å². The summed E-state index contributed by atoms with van der Waals surface area (Å²) in [6, 6.07) is 3.43. The number of nitroso groups, excluding NO2 is 1. The Morgan fingerprint density at radius 1 is 1.24 bits per heavy atom. The summed E-state index contributed by atoms with van der Waals surface area (Å²) in [7, 11) is 0. The minimum atomic E-state index is -0.778. The molecule has 90 valence electrons. The topological polar surface area (TPSA) is 59.0 Å². The molecule has 0 saturated carbocycles. The second-order valence-corrected chi connectivity index (χ2v) is 5.27. The van der Waals surface area contributed by atoms with E-state index >= 15 is 0 Å². The van der Waals surface area contributed by atoms with Crippen molar-refractivity contribution in [3.05, 3.63) is 40.2 Å². The molecule has 0 bridgehead atoms. The lowest BCUT2D eigenvalue weighted by atomic mass is 9.84. The molecule has 2 heterocycles. The molecule has 0 unspecified atom stereocenters. The summed E-state index contributed by atoms with van der Waals surface area (Å²) in [5.74, 6) is 0.133. The minimum absolute atomic E-state index is 0.133. The molecular weight excluding hydrogens is 218 g/mol. The summed E-state index contributed by atoms with van der Waals surface area (Å²) in [6.45, 7) is 7.09. The zero-order valence-electron chi connectivity index (χ0n) is 10.5. The molecule has 0 amide bonds. The van der Waals surface area contributed by atoms with Crippen molar-refractivity contribution < 1.29 is 9.50 Å². The van der Waals surface area contributed by atoms with E-state index in [0.717, 1.165) is 9.50 Å². The van der Waals surface area contributed by atoms with Crippen molar-refractivity contribution in [2.45, 2.75) is 38.8 Å². The Balaban J connectivity index is 2.64. The van der Waals surface area contributed by atoms with Gasteiger partial charge in [0.25, 0.3) is 5.54 Å². The third-order valence-corrected chi connectivity index (χ3v) is 3.82. The molecule has 1 aliphatic heterocycles. The van der Waals surface area contributed by atoms with Crippen molar-refractivity contribution in [1.29, 1.82) is 0 Å². The van der Waals surface area contributed by atoms with E-state index in [9.17, 15) is 10.1 Å². The molecule has 2 rings (SSSR count). The number of aromatic nitrogens is 1. The summed E-state index contributed by atoms with van der Waals surface area (Å²) < 4.78 is 1.58. The van der Waals surface area contributed by atoms with E-state index in [1.165, 1.54) is 6.20 Å². The van der Waals surface area contributed by atoms with Crippen molar-refractivity contribution in [1.82, 2.24) is 4.98 Å². The molecule has 0 saturated heterocycles. The maximum absolute atomic E-state index is 12.3. The van der Waals surface area contributed by atoms with E-state index in [-0.39, 0.29) is 5.84 Å². The molecule has 1 aromatic heterocycles. The molecule has 0 fully saturated rings. The van der Waals surface area contributed by atoms with Crippen LogP contribution in [0.25, 0.3) is 0 Å². The van der Waals surface area contributed by atoms with Crippen molar-refractivity contribution in [3.63, 3.8) is 0 Å². The Hall–Kier alpha value is -1.78. The average molecular weight is 234 g/mol. The minimum Gasteiger partial charge on any atom is -0.618 e. The molecule has 5 heteroatoms. The van der Waals surface area contributed by atoms with Gasteiger partial charge in [0.15, 0.2) is 0 Å². The van der Waals surface area contributed by atoms with Gasteiger partial charge in [0.1, 0.15) is 10.3 Å². The summed E-state index contributed by atoms with van der Waals surface area (Å²) in [5.41, 5.74) is -1.00. The zero-order chi connectivity index (χ0) is 12.8. The van der Waals surface area contributed by atoms with Crippen LogP contribution in [0.3, 0.4) is 0 Å². The summed E-state index contributed by atoms with van der Waals surface area (Å²) in [5, 5.41) is 12.3. The third kappa shape index (κ3) is 1.38. The fraction of sp³-hybridized carbons (Fsp3) is 0.500. The van der Waals surface area contributed by atoms with Crippen molar-refractivity contribution in [2.24, 2.45) is 0 Å². The van der Waals surface area contributed by atoms with Gasteiger partial charge in [-0.2, -0.15) is 0 Å². The molecular formula is C12H16N3O2+. The lowest BCUT2D eigenvalue weighted by Gasteiger charge is -2.22. The predicted molar refractivity (Wildman–Crippen MR) is 63.8 cm³/mol. The van der Waals surface area contributed by atoms with Gasteiger partial charge in [0, 0.05) is 45.0 Å². The maximum atomic E-state index is 12.3. The van der Waals surface area contributed by atoms with Crippen LogP contribution < -0.4 is 0 Å². The fourth-order valence-corrected chi connectivity index (χ4v) is 1.84. The van der Waals surface area contributed by atoms with Crippen LogP contribution >= 0.6 is 0 Å². The normalized spacial score (nSPS) is 22.0. The largest absolute Gasteiger partial charge is 0.618 e. The van der Waals surface area contributed by atoms with Crippen LogP contribution in [0.15, 0.2) is 24.5 Å². The van der Waals surface area contributed by atoms with Crippen LogP contribution in [-0.2, 0) is 0 Å². The highest BCUT2D eigenvalue weighted by Gasteiger charge is 2.68. The number of pyridine rings is 1. The number of hydrogen-bond donors (Lipinski definition) is 0. The summed E-state index contributed by atoms with van der Waals surface area (Å²) >= 11 is 0. The zero-order valence-corrected chi connectivity index (χ0v) is 10.5. The van der Waals surface area contributed by atoms with Crippen LogP contribution in [0.2, 0.25) is 0 Å². The van der Waals surface area contributed by atoms with Gasteiger partial charge in [-0.15, -0.1) is 4.74 Å². The molecule has 0 spiro atoms. The van der Waals surface area contributed by atoms with Crippen LogP contribution in [0, 0.1) is 10.1 Å². The number of hydrogen-bond acceptors (Lipinski definition) is 3. The van der Waals surface area contributed by atoms with Gasteiger partial charge in [0.05, 0.1) is 0 Å². The molecule has 0 aromatic carbocycles. The van der Waals surface area contributed by atoms with Gasteiger partial charge in [-0.1, -0.05) is 0 Å². The van der Waals surface area contributed by atoms with Gasteiger partial charge in [0.2, 0.25) is 5.54 Å². The van der Waals surface area contributed by atoms with Gasteiger partial charge in [-0.05, 0) is 12.1 Å². The van der Waals surface area contributed by atoms with Gasteiger partial charge >= 0.3 is 5.84 Å². The molecule has 5 nitrogen and oxygen atoms in total. The highest BCUT2D eigenvalue weighted by atomic mass is 16.5. The SMILES string of the molecule is CC1(C)[N+](=O)C(c2cccnc2)=[N+]([O-])C1(C)C. The molecule has 0 radical (unpaired) electrons. The number of amidine groups is 1. The second kappa shape index (κ2) is 3.35. The lowest BCUT2D eigenvalue weighted by molar-refractivity contribution is -0.555. The van der Waals surface area contributed by atoms with Crippen LogP contribution in [0.1, 0.15) is 33.3 Å². The van der Waals surface area contributed by atoms with Crippen molar-refractivity contribution >= 4 is 5.84 Å². The molecule has 1 aromatic rings. The number of nitrogens with zero attached hydrogens (tertiary/aromatic N) is 3. The Kier molecular flexibility index (Phi) is 2.31. The highest BCUT2D eigenvalue weighted by Crippen LogP contribution is 2.34. The van der Waals surface area contributed by atoms with E-state index in [1.807, 2.05) is 0 Å². The average Bonchev–Trinajstić information content (AvgIpc) is 2.40. The van der Waals surface area contributed by atoms with E-state index in [1.54, 1.807) is 46.0 Å². The quantitative estimate of drug-likeness (QED) is 0.548. The van der Waals surface area contributed by atoms with Gasteiger partial charge < -0.3 is 5.21 Å². The Morgan fingerprint density at radius 2 is 1.88 bits per heavy atom. The van der Waals surface area contributed by atoms with Crippen LogP contribution in [0.5, 0.6) is 0 Å². The van der Waals surface area contributed by atoms with E-state index < -0.39 is 11.1 Å². The van der Waals surface area contributed by atoms with E-state index in [2.05, 4.69) is 4.98 Å². The summed E-state index contributed by atoms with van der Waals surface area (Å²) in [4.78, 5) is 16.2. The summed E-state index contributed by atoms with van der Waals surface area (Å²) in [6.07, 6.45) is 3.14. The Labute approximate surface area is 100.0 Å². The fourth-order valence-electron chi connectivity index (χ4n) is 1.84. The standard InChI is InChI=1S/C12H16N3O2/c1-11(2)12(3,4)15(17)10(14(11)16)9-6-5-7-13-8-9/h5-8H,1-4H3/q+1. The first-order valence-electron chi connectivity index (χ1n) is 5.52. The second-order valence-electron chi connectivity index (χ2n) is 5.27. The first-order valence-corrected chi connectivity index (χ1v) is 5.52. The lowest BCUT2D eigenvalue weighted by Crippen LogP contribution is -2.50.